The van der Waals surface area contributed by atoms with Crippen molar-refractivity contribution < 1.29 is 24.2 Å². The molecule has 0 aliphatic rings. The summed E-state index contributed by atoms with van der Waals surface area (Å²) in [7, 11) is 1.36. The third-order valence-electron chi connectivity index (χ3n) is 6.05. The maximum Gasteiger partial charge on any atom is 0.353 e. The fourth-order valence-electron chi connectivity index (χ4n) is 3.80. The molecule has 2 aromatic heterocycles. The first-order chi connectivity index (χ1) is 20.1. The molecule has 0 aliphatic carbocycles. The van der Waals surface area contributed by atoms with E-state index in [0.717, 1.165) is 5.56 Å². The number of benzene rings is 2. The Kier molecular flexibility index (Phi) is 10.0. The Hall–Kier alpha value is -5.89. The van der Waals surface area contributed by atoms with Crippen molar-refractivity contribution in [1.82, 2.24) is 19.7 Å². The molecule has 222 valence electrons. The number of hydrogen-bond donors (Lipinski definition) is 5. The number of aromatic nitrogens is 3. The summed E-state index contributed by atoms with van der Waals surface area (Å²) >= 11 is 0. The van der Waals surface area contributed by atoms with Gasteiger partial charge in [0.1, 0.15) is 29.1 Å². The number of nitrogens with two attached hydrogens (primary N) is 2. The molecule has 0 saturated heterocycles. The normalized spacial score (nSPS) is 10.3. The number of carboxylic acid groups (broad SMARTS) is 1. The van der Waals surface area contributed by atoms with Crippen molar-refractivity contribution in [3.8, 4) is 0 Å². The van der Waals surface area contributed by atoms with Crippen LogP contribution in [0.25, 0.3) is 5.65 Å². The number of imidazole rings is 1. The quantitative estimate of drug-likeness (QED) is 0.130. The first-order valence-corrected chi connectivity index (χ1v) is 12.3. The smallest absolute Gasteiger partial charge is 0.353 e. The van der Waals surface area contributed by atoms with Crippen LogP contribution in [0.15, 0.2) is 76.7 Å². The summed E-state index contributed by atoms with van der Waals surface area (Å²) in [4.78, 5) is 65.5. The van der Waals surface area contributed by atoms with Gasteiger partial charge >= 0.3 is 11.9 Å². The largest absolute Gasteiger partial charge is 0.477 e. The Balaban J connectivity index is 0.000000329. The van der Waals surface area contributed by atoms with E-state index in [1.165, 1.54) is 30.1 Å². The molecule has 5 aromatic rings. The maximum absolute atomic E-state index is 12.5. The Morgan fingerprint density at radius 2 is 1.74 bits per heavy atom. The SMILES string of the molecule is C.COC(=O)c1ccc(CN)cc1.Nc1c(Nc2cccc(CNC(=O)c3cc(C(=O)O)n4cncc4n3)c2)c(=O)c1=O. The molecule has 7 N–H and O–H groups in total. The highest BCUT2D eigenvalue weighted by atomic mass is 16.5. The van der Waals surface area contributed by atoms with E-state index in [9.17, 15) is 29.1 Å². The van der Waals surface area contributed by atoms with E-state index in [1.807, 2.05) is 12.1 Å². The lowest BCUT2D eigenvalue weighted by Crippen LogP contribution is -2.36. The van der Waals surface area contributed by atoms with Gasteiger partial charge in [-0.25, -0.2) is 19.6 Å². The summed E-state index contributed by atoms with van der Waals surface area (Å²) in [6, 6.07) is 15.0. The van der Waals surface area contributed by atoms with Gasteiger partial charge < -0.3 is 31.9 Å². The van der Waals surface area contributed by atoms with E-state index in [2.05, 4.69) is 25.3 Å². The van der Waals surface area contributed by atoms with Gasteiger partial charge in [-0.15, -0.1) is 0 Å². The van der Waals surface area contributed by atoms with Gasteiger partial charge in [0.2, 0.25) is 0 Å². The molecule has 0 unspecified atom stereocenters. The number of carboxylic acids is 1. The van der Waals surface area contributed by atoms with E-state index in [1.54, 1.807) is 36.4 Å². The standard InChI is InChI=1S/C19H14N6O5.C9H11NO2.CH4/c20-14-15(17(27)16(14)26)23-10-3-1-2-9(4-10)6-22-18(28)11-5-12(19(29)30)25-8-21-7-13(25)24-11;1-12-9(11)8-4-2-7(6-10)3-5-8;/h1-5,7-8,23H,6,20H2,(H,22,28)(H,29,30);2-5H,6,10H2,1H3;1H4. The van der Waals surface area contributed by atoms with Gasteiger partial charge in [0.15, 0.2) is 5.65 Å². The van der Waals surface area contributed by atoms with E-state index >= 15 is 0 Å². The van der Waals surface area contributed by atoms with E-state index in [4.69, 9.17) is 11.5 Å². The average molecular weight is 588 g/mol. The van der Waals surface area contributed by atoms with Crippen molar-refractivity contribution in [3.05, 3.63) is 116 Å². The Bertz CT molecular complexity index is 1860. The third-order valence-corrected chi connectivity index (χ3v) is 6.05. The molecule has 0 spiro atoms. The number of nitrogens with zero attached hydrogens (tertiary/aromatic N) is 3. The number of methoxy groups -OCH3 is 1. The molecular formula is C29H29N7O7. The third kappa shape index (κ3) is 7.07. The summed E-state index contributed by atoms with van der Waals surface area (Å²) in [5, 5.41) is 14.8. The lowest BCUT2D eigenvalue weighted by Gasteiger charge is -2.12. The molecule has 5 rings (SSSR count). The molecule has 2 heterocycles. The molecule has 43 heavy (non-hydrogen) atoms. The van der Waals surface area contributed by atoms with Crippen molar-refractivity contribution in [1.29, 1.82) is 0 Å². The van der Waals surface area contributed by atoms with Crippen molar-refractivity contribution >= 4 is 40.6 Å². The minimum atomic E-state index is -1.22. The number of fused-ring (bicyclic) bond motifs is 1. The maximum atomic E-state index is 12.5. The van der Waals surface area contributed by atoms with Crippen molar-refractivity contribution in [3.63, 3.8) is 0 Å². The number of nitrogens with one attached hydrogen (secondary N) is 2. The minimum Gasteiger partial charge on any atom is -0.477 e. The predicted octanol–water partition coefficient (Wildman–Crippen LogP) is 1.85. The highest BCUT2D eigenvalue weighted by Crippen LogP contribution is 2.19. The zero-order chi connectivity index (χ0) is 30.4. The summed E-state index contributed by atoms with van der Waals surface area (Å²) < 4.78 is 5.80. The molecular weight excluding hydrogens is 558 g/mol. The summed E-state index contributed by atoms with van der Waals surface area (Å²) in [6.45, 7) is 0.603. The fraction of sp³-hybridized carbons (Fsp3) is 0.138. The number of nitrogen functional groups attached to an aromatic ring is 1. The molecule has 0 atom stereocenters. The molecule has 14 nitrogen and oxygen atoms in total. The lowest BCUT2D eigenvalue weighted by atomic mass is 10.1. The first kappa shape index (κ1) is 31.6. The average Bonchev–Trinajstić information content (AvgIpc) is 3.50. The monoisotopic (exact) mass is 587 g/mol. The fourth-order valence-corrected chi connectivity index (χ4v) is 3.80. The molecule has 0 radical (unpaired) electrons. The number of anilines is 3. The molecule has 0 fully saturated rings. The lowest BCUT2D eigenvalue weighted by molar-refractivity contribution is 0.0599. The van der Waals surface area contributed by atoms with Crippen molar-refractivity contribution in [2.75, 3.05) is 18.2 Å². The molecule has 0 saturated carbocycles. The summed E-state index contributed by atoms with van der Waals surface area (Å²) in [5.74, 6) is -2.10. The molecule has 3 aromatic carbocycles. The topological polar surface area (TPSA) is 221 Å². The first-order valence-electron chi connectivity index (χ1n) is 12.3. The Morgan fingerprint density at radius 3 is 2.37 bits per heavy atom. The number of amides is 1. The van der Waals surface area contributed by atoms with Crippen LogP contribution in [0.3, 0.4) is 0 Å². The second-order valence-corrected chi connectivity index (χ2v) is 8.80. The van der Waals surface area contributed by atoms with Crippen LogP contribution in [-0.4, -0.2) is 44.4 Å². The summed E-state index contributed by atoms with van der Waals surface area (Å²) in [6.07, 6.45) is 2.65. The number of ether oxygens (including phenoxy) is 1. The summed E-state index contributed by atoms with van der Waals surface area (Å²) in [5.41, 5.74) is 12.2. The van der Waals surface area contributed by atoms with Gasteiger partial charge in [-0.1, -0.05) is 31.7 Å². The van der Waals surface area contributed by atoms with Crippen LogP contribution in [0.1, 0.15) is 49.9 Å². The van der Waals surface area contributed by atoms with Crippen LogP contribution in [0, 0.1) is 0 Å². The van der Waals surface area contributed by atoms with Crippen LogP contribution in [0.5, 0.6) is 0 Å². The number of carbonyl (C=O) groups excluding carboxylic acids is 2. The van der Waals surface area contributed by atoms with E-state index < -0.39 is 22.7 Å². The van der Waals surface area contributed by atoms with Gasteiger partial charge in [-0.2, -0.15) is 0 Å². The van der Waals surface area contributed by atoms with Crippen LogP contribution >= 0.6 is 0 Å². The van der Waals surface area contributed by atoms with Gasteiger partial charge in [-0.3, -0.25) is 18.8 Å². The number of esters is 1. The number of aromatic carboxylic acids is 1. The second-order valence-electron chi connectivity index (χ2n) is 8.80. The van der Waals surface area contributed by atoms with E-state index in [-0.39, 0.29) is 48.4 Å². The molecule has 0 aliphatic heterocycles. The number of rotatable bonds is 8. The van der Waals surface area contributed by atoms with Crippen molar-refractivity contribution in [2.24, 2.45) is 5.73 Å². The zero-order valence-corrected chi connectivity index (χ0v) is 22.2. The van der Waals surface area contributed by atoms with Gasteiger partial charge in [-0.05, 0) is 35.4 Å². The predicted molar refractivity (Wildman–Crippen MR) is 159 cm³/mol. The second kappa shape index (κ2) is 13.6. The van der Waals surface area contributed by atoms with Gasteiger partial charge in [0.25, 0.3) is 16.8 Å². The van der Waals surface area contributed by atoms with Crippen LogP contribution in [0.2, 0.25) is 0 Å². The minimum absolute atomic E-state index is 0. The molecule has 14 heteroatoms. The van der Waals surface area contributed by atoms with Gasteiger partial charge in [0, 0.05) is 24.8 Å². The highest BCUT2D eigenvalue weighted by molar-refractivity contribution is 5.96. The van der Waals surface area contributed by atoms with Gasteiger partial charge in [0.05, 0.1) is 18.9 Å². The number of hydrogen-bond acceptors (Lipinski definition) is 11. The van der Waals surface area contributed by atoms with Crippen molar-refractivity contribution in [2.45, 2.75) is 20.5 Å². The van der Waals surface area contributed by atoms with Crippen LogP contribution in [-0.2, 0) is 17.8 Å². The Labute approximate surface area is 244 Å². The molecule has 1 amide bonds. The zero-order valence-electron chi connectivity index (χ0n) is 22.2. The molecule has 0 bridgehead atoms. The van der Waals surface area contributed by atoms with Crippen LogP contribution in [0.4, 0.5) is 17.1 Å². The van der Waals surface area contributed by atoms with Crippen LogP contribution < -0.4 is 33.0 Å². The Morgan fingerprint density at radius 1 is 1.02 bits per heavy atom. The number of carbonyl (C=O) groups is 3. The highest BCUT2D eigenvalue weighted by Gasteiger charge is 2.18. The van der Waals surface area contributed by atoms with E-state index in [0.29, 0.717) is 23.4 Å².